The van der Waals surface area contributed by atoms with E-state index in [0.29, 0.717) is 6.61 Å². The molecule has 2 N–H and O–H groups in total. The number of nitrogens with two attached hydrogens (primary N) is 1. The Morgan fingerprint density at radius 1 is 1.20 bits per heavy atom. The molecule has 0 amide bonds. The topological polar surface area (TPSA) is 35.2 Å². The summed E-state index contributed by atoms with van der Waals surface area (Å²) in [6, 6.07) is 12.3. The average molecular weight is 338 g/mol. The minimum Gasteiger partial charge on any atom is -0.487 e. The molecule has 1 atom stereocenters. The van der Waals surface area contributed by atoms with Crippen molar-refractivity contribution in [1.29, 1.82) is 0 Å². The highest BCUT2D eigenvalue weighted by Gasteiger charge is 2.10. The van der Waals surface area contributed by atoms with E-state index in [9.17, 15) is 4.39 Å². The Morgan fingerprint density at radius 2 is 1.90 bits per heavy atom. The minimum atomic E-state index is -0.243. The largest absolute Gasteiger partial charge is 0.487 e. The van der Waals surface area contributed by atoms with E-state index in [1.54, 1.807) is 12.1 Å². The summed E-state index contributed by atoms with van der Waals surface area (Å²) < 4.78 is 19.6. The summed E-state index contributed by atoms with van der Waals surface area (Å²) in [6.07, 6.45) is 0.748. The highest BCUT2D eigenvalue weighted by molar-refractivity contribution is 9.10. The first-order valence-corrected chi connectivity index (χ1v) is 7.26. The summed E-state index contributed by atoms with van der Waals surface area (Å²) in [6.45, 7) is 2.36. The lowest BCUT2D eigenvalue weighted by Gasteiger charge is -2.15. The Morgan fingerprint density at radius 3 is 2.55 bits per heavy atom. The number of halogens is 2. The number of ether oxygens (including phenoxy) is 1. The van der Waals surface area contributed by atoms with E-state index in [2.05, 4.69) is 15.9 Å². The van der Waals surface area contributed by atoms with E-state index >= 15 is 0 Å². The van der Waals surface area contributed by atoms with E-state index in [-0.39, 0.29) is 11.9 Å². The number of para-hydroxylation sites is 1. The van der Waals surface area contributed by atoms with Crippen LogP contribution in [-0.2, 0) is 13.0 Å². The van der Waals surface area contributed by atoms with E-state index in [1.165, 1.54) is 12.1 Å². The zero-order valence-electron chi connectivity index (χ0n) is 11.3. The van der Waals surface area contributed by atoms with Crippen LogP contribution in [0.5, 0.6) is 5.75 Å². The average Bonchev–Trinajstić information content (AvgIpc) is 2.39. The van der Waals surface area contributed by atoms with Gasteiger partial charge in [0.15, 0.2) is 0 Å². The SMILES string of the molecule is CC(N)Cc1cccc(Br)c1OCc1ccc(F)cc1. The van der Waals surface area contributed by atoms with Crippen LogP contribution in [0.4, 0.5) is 4.39 Å². The molecule has 0 bridgehead atoms. The smallest absolute Gasteiger partial charge is 0.137 e. The number of rotatable bonds is 5. The van der Waals surface area contributed by atoms with Gasteiger partial charge in [0.25, 0.3) is 0 Å². The second-order valence-electron chi connectivity index (χ2n) is 4.82. The Bertz CT molecular complexity index is 569. The van der Waals surface area contributed by atoms with Crippen molar-refractivity contribution in [3.63, 3.8) is 0 Å². The first-order valence-electron chi connectivity index (χ1n) is 6.46. The van der Waals surface area contributed by atoms with Gasteiger partial charge in [-0.25, -0.2) is 4.39 Å². The van der Waals surface area contributed by atoms with Crippen LogP contribution in [0.25, 0.3) is 0 Å². The molecule has 2 aromatic carbocycles. The molecule has 1 unspecified atom stereocenters. The molecule has 0 aliphatic rings. The van der Waals surface area contributed by atoms with Crippen LogP contribution in [0, 0.1) is 5.82 Å². The Labute approximate surface area is 126 Å². The van der Waals surface area contributed by atoms with Gasteiger partial charge >= 0.3 is 0 Å². The van der Waals surface area contributed by atoms with Crippen LogP contribution in [0.2, 0.25) is 0 Å². The molecule has 2 rings (SSSR count). The molecule has 0 aliphatic heterocycles. The third kappa shape index (κ3) is 4.05. The van der Waals surface area contributed by atoms with Crippen LogP contribution < -0.4 is 10.5 Å². The summed E-state index contributed by atoms with van der Waals surface area (Å²) >= 11 is 3.50. The zero-order chi connectivity index (χ0) is 14.5. The summed E-state index contributed by atoms with van der Waals surface area (Å²) in [5.41, 5.74) is 7.85. The molecule has 0 fully saturated rings. The fourth-order valence-electron chi connectivity index (χ4n) is 1.96. The maximum Gasteiger partial charge on any atom is 0.137 e. The normalized spacial score (nSPS) is 12.2. The highest BCUT2D eigenvalue weighted by Crippen LogP contribution is 2.30. The molecule has 2 nitrogen and oxygen atoms in total. The van der Waals surface area contributed by atoms with E-state index in [1.807, 2.05) is 25.1 Å². The third-order valence-electron chi connectivity index (χ3n) is 2.89. The Balaban J connectivity index is 2.13. The number of benzene rings is 2. The Kier molecular flexibility index (Phi) is 5.15. The quantitative estimate of drug-likeness (QED) is 0.892. The molecule has 0 saturated heterocycles. The standard InChI is InChI=1S/C16H17BrFNO/c1-11(19)9-13-3-2-4-15(17)16(13)20-10-12-5-7-14(18)8-6-12/h2-8,11H,9-10,19H2,1H3. The third-order valence-corrected chi connectivity index (χ3v) is 3.51. The van der Waals surface area contributed by atoms with Crippen molar-refractivity contribution >= 4 is 15.9 Å². The monoisotopic (exact) mass is 337 g/mol. The van der Waals surface area contributed by atoms with Gasteiger partial charge in [-0.3, -0.25) is 0 Å². The van der Waals surface area contributed by atoms with Gasteiger partial charge in [-0.1, -0.05) is 24.3 Å². The van der Waals surface area contributed by atoms with Crippen molar-refractivity contribution in [2.75, 3.05) is 0 Å². The maximum atomic E-state index is 12.9. The molecule has 0 spiro atoms. The number of hydrogen-bond acceptors (Lipinski definition) is 2. The molecule has 2 aromatic rings. The summed E-state index contributed by atoms with van der Waals surface area (Å²) in [7, 11) is 0. The number of hydrogen-bond donors (Lipinski definition) is 1. The van der Waals surface area contributed by atoms with Crippen LogP contribution >= 0.6 is 15.9 Å². The zero-order valence-corrected chi connectivity index (χ0v) is 12.9. The van der Waals surface area contributed by atoms with Gasteiger partial charge in [-0.2, -0.15) is 0 Å². The molecule has 106 valence electrons. The molecular weight excluding hydrogens is 321 g/mol. The van der Waals surface area contributed by atoms with Gasteiger partial charge in [0.2, 0.25) is 0 Å². The summed E-state index contributed by atoms with van der Waals surface area (Å²) in [5.74, 6) is 0.557. The van der Waals surface area contributed by atoms with Crippen molar-refractivity contribution in [2.45, 2.75) is 26.0 Å². The molecule has 0 saturated carbocycles. The van der Waals surface area contributed by atoms with Crippen molar-refractivity contribution in [3.8, 4) is 5.75 Å². The van der Waals surface area contributed by atoms with E-state index in [4.69, 9.17) is 10.5 Å². The molecule has 20 heavy (non-hydrogen) atoms. The van der Waals surface area contributed by atoms with Crippen molar-refractivity contribution < 1.29 is 9.13 Å². The van der Waals surface area contributed by atoms with Crippen molar-refractivity contribution in [1.82, 2.24) is 0 Å². The molecule has 0 aliphatic carbocycles. The van der Waals surface area contributed by atoms with Gasteiger partial charge < -0.3 is 10.5 Å². The van der Waals surface area contributed by atoms with Gasteiger partial charge in [-0.05, 0) is 58.6 Å². The molecule has 0 aromatic heterocycles. The van der Waals surface area contributed by atoms with Gasteiger partial charge in [0.05, 0.1) is 4.47 Å². The minimum absolute atomic E-state index is 0.0671. The lowest BCUT2D eigenvalue weighted by atomic mass is 10.1. The lowest BCUT2D eigenvalue weighted by molar-refractivity contribution is 0.300. The highest BCUT2D eigenvalue weighted by atomic mass is 79.9. The summed E-state index contributed by atoms with van der Waals surface area (Å²) in [5, 5.41) is 0. The maximum absolute atomic E-state index is 12.9. The fourth-order valence-corrected chi connectivity index (χ4v) is 2.48. The van der Waals surface area contributed by atoms with Crippen LogP contribution in [0.15, 0.2) is 46.9 Å². The van der Waals surface area contributed by atoms with Gasteiger partial charge in [0.1, 0.15) is 18.2 Å². The van der Waals surface area contributed by atoms with E-state index < -0.39 is 0 Å². The first-order chi connectivity index (χ1) is 9.56. The first kappa shape index (κ1) is 15.0. The Hall–Kier alpha value is -1.39. The van der Waals surface area contributed by atoms with E-state index in [0.717, 1.165) is 27.8 Å². The predicted octanol–water partition coefficient (Wildman–Crippen LogP) is 4.06. The van der Waals surface area contributed by atoms with Gasteiger partial charge in [-0.15, -0.1) is 0 Å². The molecule has 0 heterocycles. The summed E-state index contributed by atoms with van der Waals surface area (Å²) in [4.78, 5) is 0. The second kappa shape index (κ2) is 6.86. The lowest BCUT2D eigenvalue weighted by Crippen LogP contribution is -2.18. The van der Waals surface area contributed by atoms with Gasteiger partial charge in [0, 0.05) is 6.04 Å². The predicted molar refractivity (Wildman–Crippen MR) is 82.2 cm³/mol. The van der Waals surface area contributed by atoms with Crippen molar-refractivity contribution in [2.24, 2.45) is 5.73 Å². The van der Waals surface area contributed by atoms with Crippen LogP contribution in [0.1, 0.15) is 18.1 Å². The molecule has 4 heteroatoms. The fraction of sp³-hybridized carbons (Fsp3) is 0.250. The molecule has 0 radical (unpaired) electrons. The second-order valence-corrected chi connectivity index (χ2v) is 5.68. The van der Waals surface area contributed by atoms with Crippen molar-refractivity contribution in [3.05, 3.63) is 63.9 Å². The molecular formula is C16H17BrFNO. The van der Waals surface area contributed by atoms with Crippen LogP contribution in [0.3, 0.4) is 0 Å². The van der Waals surface area contributed by atoms with Crippen LogP contribution in [-0.4, -0.2) is 6.04 Å².